The molecule has 4 unspecified atom stereocenters. The van der Waals surface area contributed by atoms with E-state index in [1.807, 2.05) is 13.8 Å². The lowest BCUT2D eigenvalue weighted by Gasteiger charge is -2.31. The van der Waals surface area contributed by atoms with Gasteiger partial charge < -0.3 is 16.4 Å². The van der Waals surface area contributed by atoms with Crippen molar-refractivity contribution >= 4 is 11.8 Å². The minimum atomic E-state index is -0.479. The van der Waals surface area contributed by atoms with Gasteiger partial charge in [0.1, 0.15) is 6.04 Å². The summed E-state index contributed by atoms with van der Waals surface area (Å²) in [6.07, 6.45) is 2.51. The number of nitrogens with two attached hydrogens (primary N) is 1. The molecule has 2 amide bonds. The van der Waals surface area contributed by atoms with Crippen LogP contribution in [0.15, 0.2) is 0 Å². The molecular formula is C15H29N3O2. The molecule has 0 bridgehead atoms. The average Bonchev–Trinajstić information content (AvgIpc) is 2.38. The van der Waals surface area contributed by atoms with Gasteiger partial charge in [0.05, 0.1) is 0 Å². The highest BCUT2D eigenvalue weighted by atomic mass is 16.2. The fraction of sp³-hybridized carbons (Fsp3) is 0.867. The maximum Gasteiger partial charge on any atom is 0.242 e. The second-order valence-corrected chi connectivity index (χ2v) is 6.52. The van der Waals surface area contributed by atoms with Crippen LogP contribution in [0.25, 0.3) is 0 Å². The van der Waals surface area contributed by atoms with Gasteiger partial charge in [-0.25, -0.2) is 0 Å². The Hall–Kier alpha value is -1.10. The van der Waals surface area contributed by atoms with Crippen LogP contribution in [0.1, 0.15) is 47.0 Å². The van der Waals surface area contributed by atoms with E-state index in [0.29, 0.717) is 18.4 Å². The predicted octanol–water partition coefficient (Wildman–Crippen LogP) is 1.03. The van der Waals surface area contributed by atoms with E-state index in [1.165, 1.54) is 0 Å². The van der Waals surface area contributed by atoms with Crippen LogP contribution in [-0.4, -0.2) is 30.4 Å². The molecule has 1 saturated carbocycles. The molecule has 1 aliphatic carbocycles. The van der Waals surface area contributed by atoms with E-state index >= 15 is 0 Å². The normalized spacial score (nSPS) is 28.0. The first-order chi connectivity index (χ1) is 9.31. The molecule has 5 heteroatoms. The number of carbonyl (C=O) groups is 2. The summed E-state index contributed by atoms with van der Waals surface area (Å²) in [6, 6.07) is -0.280. The Labute approximate surface area is 122 Å². The Balaban J connectivity index is 2.39. The van der Waals surface area contributed by atoms with Gasteiger partial charge in [-0.15, -0.1) is 0 Å². The summed E-state index contributed by atoms with van der Waals surface area (Å²) in [5.41, 5.74) is 5.96. The quantitative estimate of drug-likeness (QED) is 0.704. The fourth-order valence-corrected chi connectivity index (χ4v) is 2.51. The van der Waals surface area contributed by atoms with Crippen molar-refractivity contribution in [2.24, 2.45) is 23.5 Å². The molecular weight excluding hydrogens is 254 g/mol. The predicted molar refractivity (Wildman–Crippen MR) is 79.9 cm³/mol. The maximum absolute atomic E-state index is 12.2. The average molecular weight is 283 g/mol. The van der Waals surface area contributed by atoms with Crippen LogP contribution in [0.2, 0.25) is 0 Å². The second kappa shape index (κ2) is 7.62. The third kappa shape index (κ3) is 5.12. The standard InChI is InChI=1S/C15H29N3O2/c1-9(2)8-17-14(19)11(4)18-15(20)12-5-6-13(16)10(3)7-12/h9-13H,5-8,16H2,1-4H3,(H,17,19)(H,18,20). The van der Waals surface area contributed by atoms with Crippen LogP contribution in [0.4, 0.5) is 0 Å². The summed E-state index contributed by atoms with van der Waals surface area (Å²) < 4.78 is 0. The highest BCUT2D eigenvalue weighted by molar-refractivity contribution is 5.88. The van der Waals surface area contributed by atoms with Gasteiger partial charge in [0, 0.05) is 18.5 Å². The van der Waals surface area contributed by atoms with Gasteiger partial charge in [0.25, 0.3) is 0 Å². The molecule has 0 saturated heterocycles. The molecule has 0 radical (unpaired) electrons. The lowest BCUT2D eigenvalue weighted by atomic mass is 9.79. The lowest BCUT2D eigenvalue weighted by Crippen LogP contribution is -2.49. The molecule has 1 aliphatic rings. The molecule has 0 spiro atoms. The van der Waals surface area contributed by atoms with Crippen LogP contribution in [0.5, 0.6) is 0 Å². The molecule has 116 valence electrons. The first-order valence-corrected chi connectivity index (χ1v) is 7.65. The van der Waals surface area contributed by atoms with Crippen molar-refractivity contribution in [3.8, 4) is 0 Å². The van der Waals surface area contributed by atoms with Gasteiger partial charge in [-0.1, -0.05) is 20.8 Å². The first-order valence-electron chi connectivity index (χ1n) is 7.65. The summed E-state index contributed by atoms with van der Waals surface area (Å²) in [5.74, 6) is 0.626. The maximum atomic E-state index is 12.2. The number of hydrogen-bond acceptors (Lipinski definition) is 3. The van der Waals surface area contributed by atoms with Crippen LogP contribution >= 0.6 is 0 Å². The van der Waals surface area contributed by atoms with E-state index in [-0.39, 0.29) is 23.8 Å². The Morgan fingerprint density at radius 2 is 1.90 bits per heavy atom. The zero-order valence-electron chi connectivity index (χ0n) is 13.1. The van der Waals surface area contributed by atoms with Gasteiger partial charge >= 0.3 is 0 Å². The third-order valence-corrected chi connectivity index (χ3v) is 4.04. The number of amides is 2. The molecule has 0 aromatic carbocycles. The zero-order chi connectivity index (χ0) is 15.3. The summed E-state index contributed by atoms with van der Waals surface area (Å²) in [7, 11) is 0. The first kappa shape index (κ1) is 17.0. The highest BCUT2D eigenvalue weighted by Crippen LogP contribution is 2.28. The third-order valence-electron chi connectivity index (χ3n) is 4.04. The summed E-state index contributed by atoms with van der Waals surface area (Å²) in [6.45, 7) is 8.52. The van der Waals surface area contributed by atoms with E-state index in [9.17, 15) is 9.59 Å². The van der Waals surface area contributed by atoms with E-state index in [2.05, 4.69) is 17.6 Å². The molecule has 0 aromatic heterocycles. The van der Waals surface area contributed by atoms with Crippen molar-refractivity contribution in [3.63, 3.8) is 0 Å². The highest BCUT2D eigenvalue weighted by Gasteiger charge is 2.30. The van der Waals surface area contributed by atoms with Gasteiger partial charge in [0.15, 0.2) is 0 Å². The minimum absolute atomic E-state index is 0.00912. The van der Waals surface area contributed by atoms with E-state index in [1.54, 1.807) is 6.92 Å². The Kier molecular flexibility index (Phi) is 6.46. The van der Waals surface area contributed by atoms with Gasteiger partial charge in [-0.2, -0.15) is 0 Å². The largest absolute Gasteiger partial charge is 0.354 e. The molecule has 4 N–H and O–H groups in total. The van der Waals surface area contributed by atoms with Crippen LogP contribution in [-0.2, 0) is 9.59 Å². The zero-order valence-corrected chi connectivity index (χ0v) is 13.1. The van der Waals surface area contributed by atoms with E-state index in [4.69, 9.17) is 5.73 Å². The minimum Gasteiger partial charge on any atom is -0.354 e. The molecule has 0 aromatic rings. The molecule has 1 rings (SSSR count). The van der Waals surface area contributed by atoms with Crippen molar-refractivity contribution in [1.29, 1.82) is 0 Å². The van der Waals surface area contributed by atoms with Crippen molar-refractivity contribution in [3.05, 3.63) is 0 Å². The van der Waals surface area contributed by atoms with Gasteiger partial charge in [-0.05, 0) is 38.0 Å². The molecule has 5 nitrogen and oxygen atoms in total. The Morgan fingerprint density at radius 1 is 1.25 bits per heavy atom. The monoisotopic (exact) mass is 283 g/mol. The van der Waals surface area contributed by atoms with Crippen molar-refractivity contribution in [2.45, 2.75) is 59.0 Å². The van der Waals surface area contributed by atoms with Crippen LogP contribution in [0.3, 0.4) is 0 Å². The number of rotatable bonds is 5. The molecule has 20 heavy (non-hydrogen) atoms. The summed E-state index contributed by atoms with van der Waals surface area (Å²) in [5, 5.41) is 5.65. The number of hydrogen-bond donors (Lipinski definition) is 3. The van der Waals surface area contributed by atoms with E-state index < -0.39 is 6.04 Å². The molecule has 1 fully saturated rings. The van der Waals surface area contributed by atoms with Crippen molar-refractivity contribution in [2.75, 3.05) is 6.54 Å². The fourth-order valence-electron chi connectivity index (χ4n) is 2.51. The number of nitrogens with one attached hydrogen (secondary N) is 2. The van der Waals surface area contributed by atoms with Crippen LogP contribution in [0, 0.1) is 17.8 Å². The second-order valence-electron chi connectivity index (χ2n) is 6.52. The summed E-state index contributed by atoms with van der Waals surface area (Å²) >= 11 is 0. The molecule has 4 atom stereocenters. The van der Waals surface area contributed by atoms with Crippen molar-refractivity contribution < 1.29 is 9.59 Å². The van der Waals surface area contributed by atoms with Crippen LogP contribution < -0.4 is 16.4 Å². The molecule has 0 aliphatic heterocycles. The summed E-state index contributed by atoms with van der Waals surface area (Å²) in [4.78, 5) is 24.0. The Morgan fingerprint density at radius 3 is 2.45 bits per heavy atom. The smallest absolute Gasteiger partial charge is 0.242 e. The topological polar surface area (TPSA) is 84.2 Å². The van der Waals surface area contributed by atoms with E-state index in [0.717, 1.165) is 19.3 Å². The SMILES string of the molecule is CC(C)CNC(=O)C(C)NC(=O)C1CCC(N)C(C)C1. The Bertz CT molecular complexity index is 344. The van der Waals surface area contributed by atoms with Gasteiger partial charge in [-0.3, -0.25) is 9.59 Å². The van der Waals surface area contributed by atoms with Crippen molar-refractivity contribution in [1.82, 2.24) is 10.6 Å². The van der Waals surface area contributed by atoms with Gasteiger partial charge in [0.2, 0.25) is 11.8 Å². The number of carbonyl (C=O) groups excluding carboxylic acids is 2. The molecule has 0 heterocycles. The lowest BCUT2D eigenvalue weighted by molar-refractivity contribution is -0.131.